The second-order valence-electron chi connectivity index (χ2n) is 4.88. The molecular formula is C16H21N3O. The standard InChI is InChI=1S/C16H21N3O/c1-3-4-8-11-17-16(20)15-12-13(2)18-19(15)14-9-6-5-7-10-14/h5-7,9-10,12H,3-4,8,11H2,1-2H3,(H,17,20). The van der Waals surface area contributed by atoms with E-state index in [-0.39, 0.29) is 5.91 Å². The van der Waals surface area contributed by atoms with Gasteiger partial charge in [0.25, 0.3) is 5.91 Å². The molecule has 20 heavy (non-hydrogen) atoms. The average molecular weight is 271 g/mol. The number of hydrogen-bond acceptors (Lipinski definition) is 2. The van der Waals surface area contributed by atoms with Crippen LogP contribution in [0, 0.1) is 6.92 Å². The van der Waals surface area contributed by atoms with Crippen LogP contribution in [-0.2, 0) is 0 Å². The average Bonchev–Trinajstić information content (AvgIpc) is 2.86. The molecule has 0 aliphatic rings. The Hall–Kier alpha value is -2.10. The number of aromatic nitrogens is 2. The summed E-state index contributed by atoms with van der Waals surface area (Å²) in [5, 5.41) is 7.36. The molecule has 0 saturated carbocycles. The molecule has 0 aliphatic carbocycles. The van der Waals surface area contributed by atoms with Crippen molar-refractivity contribution in [2.24, 2.45) is 0 Å². The van der Waals surface area contributed by atoms with Crippen LogP contribution in [0.3, 0.4) is 0 Å². The van der Waals surface area contributed by atoms with Crippen molar-refractivity contribution >= 4 is 5.91 Å². The number of nitrogens with one attached hydrogen (secondary N) is 1. The Kier molecular flexibility index (Phi) is 4.93. The molecule has 0 fully saturated rings. The summed E-state index contributed by atoms with van der Waals surface area (Å²) in [6.45, 7) is 4.76. The molecule has 2 aromatic rings. The van der Waals surface area contributed by atoms with Crippen molar-refractivity contribution in [1.29, 1.82) is 0 Å². The minimum absolute atomic E-state index is 0.0643. The predicted molar refractivity (Wildman–Crippen MR) is 80.2 cm³/mol. The van der Waals surface area contributed by atoms with Crippen molar-refractivity contribution in [3.05, 3.63) is 47.8 Å². The summed E-state index contributed by atoms with van der Waals surface area (Å²) in [5.74, 6) is -0.0643. The quantitative estimate of drug-likeness (QED) is 0.821. The zero-order valence-corrected chi connectivity index (χ0v) is 12.1. The third kappa shape index (κ3) is 3.47. The van der Waals surface area contributed by atoms with Crippen LogP contribution >= 0.6 is 0 Å². The fraction of sp³-hybridized carbons (Fsp3) is 0.375. The van der Waals surface area contributed by atoms with Gasteiger partial charge in [0.2, 0.25) is 0 Å². The van der Waals surface area contributed by atoms with Gasteiger partial charge in [-0.2, -0.15) is 5.10 Å². The van der Waals surface area contributed by atoms with E-state index in [0.717, 1.165) is 30.6 Å². The van der Waals surface area contributed by atoms with Gasteiger partial charge in [-0.05, 0) is 31.5 Å². The number of rotatable bonds is 6. The SMILES string of the molecule is CCCCCNC(=O)c1cc(C)nn1-c1ccccc1. The molecule has 1 amide bonds. The predicted octanol–water partition coefficient (Wildman–Crippen LogP) is 3.10. The van der Waals surface area contributed by atoms with Crippen LogP contribution < -0.4 is 5.32 Å². The smallest absolute Gasteiger partial charge is 0.270 e. The molecule has 4 heteroatoms. The van der Waals surface area contributed by atoms with Crippen molar-refractivity contribution in [3.8, 4) is 5.69 Å². The Morgan fingerprint density at radius 1 is 1.25 bits per heavy atom. The van der Waals surface area contributed by atoms with Gasteiger partial charge in [-0.3, -0.25) is 4.79 Å². The fourth-order valence-electron chi connectivity index (χ4n) is 2.09. The Balaban J connectivity index is 2.14. The molecule has 4 nitrogen and oxygen atoms in total. The van der Waals surface area contributed by atoms with Crippen LogP contribution in [0.5, 0.6) is 0 Å². The number of unbranched alkanes of at least 4 members (excludes halogenated alkanes) is 2. The Labute approximate surface area is 119 Å². The summed E-state index contributed by atoms with van der Waals surface area (Å²) in [7, 11) is 0. The van der Waals surface area contributed by atoms with Crippen LogP contribution in [0.25, 0.3) is 5.69 Å². The molecule has 0 atom stereocenters. The number of carbonyl (C=O) groups excluding carboxylic acids is 1. The van der Waals surface area contributed by atoms with Crippen molar-refractivity contribution < 1.29 is 4.79 Å². The van der Waals surface area contributed by atoms with Crippen molar-refractivity contribution in [2.45, 2.75) is 33.1 Å². The summed E-state index contributed by atoms with van der Waals surface area (Å²) >= 11 is 0. The highest BCUT2D eigenvalue weighted by atomic mass is 16.2. The first kappa shape index (κ1) is 14.3. The molecule has 1 aromatic heterocycles. The molecule has 0 radical (unpaired) electrons. The first-order valence-corrected chi connectivity index (χ1v) is 7.12. The summed E-state index contributed by atoms with van der Waals surface area (Å²) in [4.78, 5) is 12.2. The highest BCUT2D eigenvalue weighted by molar-refractivity contribution is 5.93. The molecule has 0 spiro atoms. The van der Waals surface area contributed by atoms with Gasteiger partial charge in [0.15, 0.2) is 0 Å². The van der Waals surface area contributed by atoms with E-state index in [1.54, 1.807) is 4.68 Å². The highest BCUT2D eigenvalue weighted by Crippen LogP contribution is 2.12. The van der Waals surface area contributed by atoms with E-state index in [4.69, 9.17) is 0 Å². The molecule has 106 valence electrons. The molecule has 1 N–H and O–H groups in total. The lowest BCUT2D eigenvalue weighted by atomic mass is 10.2. The minimum Gasteiger partial charge on any atom is -0.351 e. The van der Waals surface area contributed by atoms with Crippen LogP contribution in [0.15, 0.2) is 36.4 Å². The van der Waals surface area contributed by atoms with Gasteiger partial charge >= 0.3 is 0 Å². The number of amides is 1. The van der Waals surface area contributed by atoms with Crippen LogP contribution in [0.2, 0.25) is 0 Å². The lowest BCUT2D eigenvalue weighted by Crippen LogP contribution is -2.26. The minimum atomic E-state index is -0.0643. The molecule has 0 unspecified atom stereocenters. The molecule has 1 heterocycles. The topological polar surface area (TPSA) is 46.9 Å². The Morgan fingerprint density at radius 2 is 2.00 bits per heavy atom. The van der Waals surface area contributed by atoms with E-state index in [9.17, 15) is 4.79 Å². The van der Waals surface area contributed by atoms with Gasteiger partial charge in [0.05, 0.1) is 11.4 Å². The summed E-state index contributed by atoms with van der Waals surface area (Å²) in [6, 6.07) is 11.5. The number of para-hydroxylation sites is 1. The van der Waals surface area contributed by atoms with E-state index in [1.165, 1.54) is 0 Å². The molecule has 0 bridgehead atoms. The van der Waals surface area contributed by atoms with E-state index in [2.05, 4.69) is 17.3 Å². The second-order valence-corrected chi connectivity index (χ2v) is 4.88. The van der Waals surface area contributed by atoms with E-state index in [0.29, 0.717) is 12.2 Å². The molecular weight excluding hydrogens is 250 g/mol. The van der Waals surface area contributed by atoms with Gasteiger partial charge < -0.3 is 5.32 Å². The van der Waals surface area contributed by atoms with Gasteiger partial charge in [-0.1, -0.05) is 38.0 Å². The summed E-state index contributed by atoms with van der Waals surface area (Å²) in [5.41, 5.74) is 2.33. The van der Waals surface area contributed by atoms with E-state index in [1.807, 2.05) is 43.3 Å². The van der Waals surface area contributed by atoms with E-state index >= 15 is 0 Å². The first-order valence-electron chi connectivity index (χ1n) is 7.12. The van der Waals surface area contributed by atoms with Crippen LogP contribution in [0.1, 0.15) is 42.4 Å². The number of nitrogens with zero attached hydrogens (tertiary/aromatic N) is 2. The van der Waals surface area contributed by atoms with Crippen molar-refractivity contribution in [1.82, 2.24) is 15.1 Å². The maximum atomic E-state index is 12.2. The first-order chi connectivity index (χ1) is 9.72. The zero-order valence-electron chi connectivity index (χ0n) is 12.1. The fourth-order valence-corrected chi connectivity index (χ4v) is 2.09. The highest BCUT2D eigenvalue weighted by Gasteiger charge is 2.14. The number of aryl methyl sites for hydroxylation is 1. The van der Waals surface area contributed by atoms with Gasteiger partial charge in [0, 0.05) is 6.54 Å². The third-order valence-corrected chi connectivity index (χ3v) is 3.13. The van der Waals surface area contributed by atoms with Crippen molar-refractivity contribution in [2.75, 3.05) is 6.54 Å². The Bertz CT molecular complexity index is 560. The maximum absolute atomic E-state index is 12.2. The van der Waals surface area contributed by atoms with Gasteiger partial charge in [-0.15, -0.1) is 0 Å². The Morgan fingerprint density at radius 3 is 2.70 bits per heavy atom. The third-order valence-electron chi connectivity index (χ3n) is 3.13. The van der Waals surface area contributed by atoms with E-state index < -0.39 is 0 Å². The van der Waals surface area contributed by atoms with Crippen LogP contribution in [0.4, 0.5) is 0 Å². The second kappa shape index (κ2) is 6.89. The monoisotopic (exact) mass is 271 g/mol. The lowest BCUT2D eigenvalue weighted by Gasteiger charge is -2.08. The summed E-state index contributed by atoms with van der Waals surface area (Å²) in [6.07, 6.45) is 3.30. The molecule has 2 rings (SSSR count). The summed E-state index contributed by atoms with van der Waals surface area (Å²) < 4.78 is 1.70. The largest absolute Gasteiger partial charge is 0.351 e. The molecule has 0 aliphatic heterocycles. The maximum Gasteiger partial charge on any atom is 0.270 e. The number of benzene rings is 1. The molecule has 0 saturated heterocycles. The van der Waals surface area contributed by atoms with Gasteiger partial charge in [-0.25, -0.2) is 4.68 Å². The normalized spacial score (nSPS) is 10.5. The van der Waals surface area contributed by atoms with Crippen molar-refractivity contribution in [3.63, 3.8) is 0 Å². The van der Waals surface area contributed by atoms with Crippen LogP contribution in [-0.4, -0.2) is 22.2 Å². The number of carbonyl (C=O) groups is 1. The number of hydrogen-bond donors (Lipinski definition) is 1. The van der Waals surface area contributed by atoms with Gasteiger partial charge in [0.1, 0.15) is 5.69 Å². The molecule has 1 aromatic carbocycles. The zero-order chi connectivity index (χ0) is 14.4. The lowest BCUT2D eigenvalue weighted by molar-refractivity contribution is 0.0945.